The Bertz CT molecular complexity index is 655. The quantitative estimate of drug-likeness (QED) is 0.849. The number of aryl methyl sites for hydroxylation is 1. The van der Waals surface area contributed by atoms with Crippen molar-refractivity contribution in [2.24, 2.45) is 5.41 Å². The first kappa shape index (κ1) is 14.0. The van der Waals surface area contributed by atoms with Crippen LogP contribution in [0, 0.1) is 12.3 Å². The van der Waals surface area contributed by atoms with E-state index in [0.717, 1.165) is 55.6 Å². The number of aliphatic carboxylic acids is 1. The Balaban J connectivity index is 1.91. The van der Waals surface area contributed by atoms with Gasteiger partial charge in [0.25, 0.3) is 0 Å². The van der Waals surface area contributed by atoms with Crippen molar-refractivity contribution in [1.29, 1.82) is 0 Å². The highest BCUT2D eigenvalue weighted by Gasteiger charge is 2.39. The Morgan fingerprint density at radius 1 is 1.24 bits per heavy atom. The summed E-state index contributed by atoms with van der Waals surface area (Å²) < 4.78 is 0. The molecule has 1 fully saturated rings. The number of fused-ring (bicyclic) bond motifs is 1. The van der Waals surface area contributed by atoms with E-state index >= 15 is 0 Å². The Morgan fingerprint density at radius 2 is 1.95 bits per heavy atom. The maximum Gasteiger partial charge on any atom is 0.310 e. The zero-order chi connectivity index (χ0) is 14.9. The van der Waals surface area contributed by atoms with Crippen LogP contribution in [0.25, 0.3) is 11.2 Å². The summed E-state index contributed by atoms with van der Waals surface area (Å²) in [6, 6.07) is 3.89. The predicted octanol–water partition coefficient (Wildman–Crippen LogP) is 3.23. The van der Waals surface area contributed by atoms with Crippen LogP contribution in [0.5, 0.6) is 0 Å². The molecule has 0 aromatic carbocycles. The van der Waals surface area contributed by atoms with Gasteiger partial charge in [0.2, 0.25) is 0 Å². The molecule has 2 aromatic heterocycles. The average molecular weight is 287 g/mol. The number of nitrogens with one attached hydrogen (secondary N) is 1. The normalized spacial score (nSPS) is 18.5. The highest BCUT2D eigenvalue weighted by molar-refractivity contribution is 5.75. The first-order chi connectivity index (χ1) is 10.1. The van der Waals surface area contributed by atoms with Gasteiger partial charge in [0, 0.05) is 12.1 Å². The van der Waals surface area contributed by atoms with Crippen molar-refractivity contribution < 1.29 is 9.90 Å². The number of aromatic nitrogens is 3. The van der Waals surface area contributed by atoms with Gasteiger partial charge in [0.1, 0.15) is 5.82 Å². The molecule has 1 aliphatic carbocycles. The summed E-state index contributed by atoms with van der Waals surface area (Å²) in [6.45, 7) is 1.93. The number of hydrogen-bond donors (Lipinski definition) is 2. The minimum absolute atomic E-state index is 0.470. The SMILES string of the molecule is Cc1ccc2[nH]c(CC3(C(=O)O)CCCCCC3)nc2n1. The first-order valence-corrected chi connectivity index (χ1v) is 7.65. The number of imidazole rings is 1. The van der Waals surface area contributed by atoms with Gasteiger partial charge in [-0.2, -0.15) is 0 Å². The van der Waals surface area contributed by atoms with Gasteiger partial charge in [0.15, 0.2) is 5.65 Å². The number of carbonyl (C=O) groups is 1. The van der Waals surface area contributed by atoms with Crippen LogP contribution in [0.3, 0.4) is 0 Å². The molecule has 1 saturated carbocycles. The molecule has 5 heteroatoms. The zero-order valence-electron chi connectivity index (χ0n) is 12.4. The standard InChI is InChI=1S/C16H21N3O2/c1-11-6-7-12-14(17-11)19-13(18-12)10-16(15(20)21)8-4-2-3-5-9-16/h6-7H,2-5,8-10H2,1H3,(H,20,21)(H,17,18,19). The van der Waals surface area contributed by atoms with Gasteiger partial charge in [0.05, 0.1) is 10.9 Å². The number of nitrogens with zero attached hydrogens (tertiary/aromatic N) is 2. The van der Waals surface area contributed by atoms with Crippen molar-refractivity contribution >= 4 is 17.1 Å². The van der Waals surface area contributed by atoms with Gasteiger partial charge in [-0.25, -0.2) is 9.97 Å². The van der Waals surface area contributed by atoms with E-state index in [1.807, 2.05) is 19.1 Å². The molecule has 0 atom stereocenters. The van der Waals surface area contributed by atoms with E-state index in [1.165, 1.54) is 0 Å². The minimum Gasteiger partial charge on any atom is -0.481 e. The molecule has 5 nitrogen and oxygen atoms in total. The number of carboxylic acids is 1. The van der Waals surface area contributed by atoms with Crippen LogP contribution in [0.2, 0.25) is 0 Å². The summed E-state index contributed by atoms with van der Waals surface area (Å²) in [5, 5.41) is 9.74. The highest BCUT2D eigenvalue weighted by Crippen LogP contribution is 2.38. The van der Waals surface area contributed by atoms with E-state index in [2.05, 4.69) is 15.0 Å². The predicted molar refractivity (Wildman–Crippen MR) is 80.1 cm³/mol. The molecular weight excluding hydrogens is 266 g/mol. The van der Waals surface area contributed by atoms with Crippen molar-refractivity contribution in [2.45, 2.75) is 51.9 Å². The molecule has 0 aliphatic heterocycles. The smallest absolute Gasteiger partial charge is 0.310 e. The van der Waals surface area contributed by atoms with Gasteiger partial charge in [-0.3, -0.25) is 4.79 Å². The largest absolute Gasteiger partial charge is 0.481 e. The zero-order valence-corrected chi connectivity index (χ0v) is 12.4. The van der Waals surface area contributed by atoms with Gasteiger partial charge in [-0.1, -0.05) is 25.7 Å². The summed E-state index contributed by atoms with van der Waals surface area (Å²) in [6.07, 6.45) is 6.20. The van der Waals surface area contributed by atoms with Crippen LogP contribution in [0.15, 0.2) is 12.1 Å². The molecule has 0 unspecified atom stereocenters. The van der Waals surface area contributed by atoms with Crippen LogP contribution < -0.4 is 0 Å². The third-order valence-corrected chi connectivity index (χ3v) is 4.55. The van der Waals surface area contributed by atoms with Crippen LogP contribution >= 0.6 is 0 Å². The lowest BCUT2D eigenvalue weighted by Gasteiger charge is -2.26. The van der Waals surface area contributed by atoms with E-state index in [0.29, 0.717) is 12.1 Å². The summed E-state index contributed by atoms with van der Waals surface area (Å²) in [5.74, 6) is 0.0568. The second-order valence-corrected chi connectivity index (χ2v) is 6.18. The molecule has 0 saturated heterocycles. The lowest BCUT2D eigenvalue weighted by Crippen LogP contribution is -2.33. The Labute approximate surface area is 123 Å². The first-order valence-electron chi connectivity index (χ1n) is 7.65. The van der Waals surface area contributed by atoms with Crippen molar-refractivity contribution in [2.75, 3.05) is 0 Å². The molecular formula is C16H21N3O2. The lowest BCUT2D eigenvalue weighted by molar-refractivity contribution is -0.150. The molecule has 0 radical (unpaired) electrons. The van der Waals surface area contributed by atoms with Gasteiger partial charge >= 0.3 is 5.97 Å². The number of H-pyrrole nitrogens is 1. The summed E-state index contributed by atoms with van der Waals surface area (Å²) >= 11 is 0. The molecule has 21 heavy (non-hydrogen) atoms. The van der Waals surface area contributed by atoms with E-state index in [-0.39, 0.29) is 0 Å². The van der Waals surface area contributed by atoms with Crippen LogP contribution in [-0.2, 0) is 11.2 Å². The molecule has 0 spiro atoms. The van der Waals surface area contributed by atoms with Crippen LogP contribution in [0.1, 0.15) is 50.0 Å². The fourth-order valence-corrected chi connectivity index (χ4v) is 3.31. The summed E-state index contributed by atoms with van der Waals surface area (Å²) in [7, 11) is 0. The summed E-state index contributed by atoms with van der Waals surface area (Å²) in [5.41, 5.74) is 1.81. The molecule has 1 aliphatic rings. The number of rotatable bonds is 3. The highest BCUT2D eigenvalue weighted by atomic mass is 16.4. The Kier molecular flexibility index (Phi) is 3.66. The fraction of sp³-hybridized carbons (Fsp3) is 0.562. The maximum atomic E-state index is 11.8. The van der Waals surface area contributed by atoms with Crippen LogP contribution in [-0.4, -0.2) is 26.0 Å². The Hall–Kier alpha value is -1.91. The van der Waals surface area contributed by atoms with Crippen LogP contribution in [0.4, 0.5) is 0 Å². The lowest BCUT2D eigenvalue weighted by atomic mass is 9.77. The van der Waals surface area contributed by atoms with E-state index < -0.39 is 11.4 Å². The molecule has 2 N–H and O–H groups in total. The summed E-state index contributed by atoms with van der Waals surface area (Å²) in [4.78, 5) is 24.0. The minimum atomic E-state index is -0.686. The molecule has 2 aromatic rings. The van der Waals surface area contributed by atoms with Crippen molar-refractivity contribution in [3.05, 3.63) is 23.7 Å². The van der Waals surface area contributed by atoms with Crippen molar-refractivity contribution in [3.8, 4) is 0 Å². The van der Waals surface area contributed by atoms with Gasteiger partial charge in [-0.15, -0.1) is 0 Å². The van der Waals surface area contributed by atoms with E-state index in [1.54, 1.807) is 0 Å². The third kappa shape index (κ3) is 2.77. The van der Waals surface area contributed by atoms with Gasteiger partial charge in [-0.05, 0) is 31.9 Å². The molecule has 0 amide bonds. The molecule has 2 heterocycles. The number of hydrogen-bond acceptors (Lipinski definition) is 3. The fourth-order valence-electron chi connectivity index (χ4n) is 3.31. The van der Waals surface area contributed by atoms with E-state index in [9.17, 15) is 9.90 Å². The second kappa shape index (κ2) is 5.47. The van der Waals surface area contributed by atoms with E-state index in [4.69, 9.17) is 0 Å². The van der Waals surface area contributed by atoms with Crippen molar-refractivity contribution in [1.82, 2.24) is 15.0 Å². The molecule has 112 valence electrons. The Morgan fingerprint density at radius 3 is 2.62 bits per heavy atom. The van der Waals surface area contributed by atoms with Gasteiger partial charge < -0.3 is 10.1 Å². The average Bonchev–Trinajstić information content (AvgIpc) is 2.67. The van der Waals surface area contributed by atoms with Crippen molar-refractivity contribution in [3.63, 3.8) is 0 Å². The molecule has 3 rings (SSSR count). The number of carboxylic acid groups (broad SMARTS) is 1. The molecule has 0 bridgehead atoms. The monoisotopic (exact) mass is 287 g/mol. The maximum absolute atomic E-state index is 11.8. The second-order valence-electron chi connectivity index (χ2n) is 6.18. The number of aromatic amines is 1. The number of pyridine rings is 1. The third-order valence-electron chi connectivity index (χ3n) is 4.55. The topological polar surface area (TPSA) is 78.9 Å².